The molecule has 0 heterocycles. The molecule has 1 rings (SSSR count). The zero-order valence-electron chi connectivity index (χ0n) is 9.18. The fraction of sp³-hybridized carbons (Fsp3) is 0.182. The van der Waals surface area contributed by atoms with Crippen LogP contribution in [0.1, 0.15) is 16.8 Å². The van der Waals surface area contributed by atoms with Gasteiger partial charge < -0.3 is 5.11 Å². The molecular formula is C11H10BrNO4S. The quantitative estimate of drug-likeness (QED) is 0.631. The minimum absolute atomic E-state index is 0.0998. The monoisotopic (exact) mass is 331 g/mol. The van der Waals surface area contributed by atoms with Crippen molar-refractivity contribution in [3.05, 3.63) is 28.2 Å². The SMILES string of the molecule is C#CCCNS(=O)(=O)c1cc(C(=O)O)ccc1Br. The van der Waals surface area contributed by atoms with E-state index in [1.54, 1.807) is 0 Å². The third kappa shape index (κ3) is 3.57. The molecule has 96 valence electrons. The van der Waals surface area contributed by atoms with E-state index in [1.807, 2.05) is 0 Å². The lowest BCUT2D eigenvalue weighted by Crippen LogP contribution is -2.25. The van der Waals surface area contributed by atoms with Crippen LogP contribution in [0.4, 0.5) is 0 Å². The number of aromatic carboxylic acids is 1. The number of hydrogen-bond acceptors (Lipinski definition) is 3. The number of nitrogens with one attached hydrogen (secondary N) is 1. The second-order valence-corrected chi connectivity index (χ2v) is 5.89. The smallest absolute Gasteiger partial charge is 0.335 e. The van der Waals surface area contributed by atoms with Crippen molar-refractivity contribution in [3.8, 4) is 12.3 Å². The molecule has 0 aromatic heterocycles. The van der Waals surface area contributed by atoms with Crippen LogP contribution in [-0.4, -0.2) is 26.0 Å². The summed E-state index contributed by atoms with van der Waals surface area (Å²) in [5.41, 5.74) is -0.101. The summed E-state index contributed by atoms with van der Waals surface area (Å²) in [6, 6.07) is 3.77. The van der Waals surface area contributed by atoms with Crippen molar-refractivity contribution in [1.82, 2.24) is 4.72 Å². The fourth-order valence-corrected chi connectivity index (χ4v) is 3.20. The van der Waals surface area contributed by atoms with Crippen LogP contribution >= 0.6 is 15.9 Å². The summed E-state index contributed by atoms with van der Waals surface area (Å²) < 4.78 is 26.4. The number of carbonyl (C=O) groups is 1. The molecule has 0 fully saturated rings. The first kappa shape index (κ1) is 14.7. The van der Waals surface area contributed by atoms with Crippen LogP contribution in [0.2, 0.25) is 0 Å². The molecule has 0 atom stereocenters. The predicted molar refractivity (Wildman–Crippen MR) is 69.7 cm³/mol. The van der Waals surface area contributed by atoms with Crippen molar-refractivity contribution in [2.24, 2.45) is 0 Å². The molecule has 1 aromatic carbocycles. The molecule has 0 spiro atoms. The Labute approximate surface area is 113 Å². The first-order chi connectivity index (χ1) is 8.38. The summed E-state index contributed by atoms with van der Waals surface area (Å²) in [4.78, 5) is 10.7. The molecular weight excluding hydrogens is 322 g/mol. The average Bonchev–Trinajstić information content (AvgIpc) is 2.29. The van der Waals surface area contributed by atoms with Crippen LogP contribution in [-0.2, 0) is 10.0 Å². The maximum absolute atomic E-state index is 11.9. The Bertz CT molecular complexity index is 604. The van der Waals surface area contributed by atoms with Crippen molar-refractivity contribution in [1.29, 1.82) is 0 Å². The molecule has 0 unspecified atom stereocenters. The number of benzene rings is 1. The van der Waals surface area contributed by atoms with Gasteiger partial charge in [0.25, 0.3) is 0 Å². The van der Waals surface area contributed by atoms with Gasteiger partial charge in [0.05, 0.1) is 10.5 Å². The summed E-state index contributed by atoms with van der Waals surface area (Å²) >= 11 is 3.07. The van der Waals surface area contributed by atoms with E-state index in [1.165, 1.54) is 12.1 Å². The Morgan fingerprint density at radius 1 is 1.50 bits per heavy atom. The van der Waals surface area contributed by atoms with Crippen LogP contribution in [0.15, 0.2) is 27.6 Å². The topological polar surface area (TPSA) is 83.5 Å². The van der Waals surface area contributed by atoms with Crippen molar-refractivity contribution in [2.75, 3.05) is 6.54 Å². The van der Waals surface area contributed by atoms with Gasteiger partial charge in [-0.3, -0.25) is 0 Å². The molecule has 0 aliphatic heterocycles. The number of carboxylic acids is 1. The van der Waals surface area contributed by atoms with E-state index in [0.717, 1.165) is 6.07 Å². The van der Waals surface area contributed by atoms with Gasteiger partial charge in [0.1, 0.15) is 0 Å². The maximum Gasteiger partial charge on any atom is 0.335 e. The van der Waals surface area contributed by atoms with Crippen LogP contribution < -0.4 is 4.72 Å². The normalized spacial score (nSPS) is 10.9. The molecule has 5 nitrogen and oxygen atoms in total. The molecule has 0 aliphatic carbocycles. The molecule has 2 N–H and O–H groups in total. The highest BCUT2D eigenvalue weighted by atomic mass is 79.9. The van der Waals surface area contributed by atoms with Crippen LogP contribution in [0.25, 0.3) is 0 Å². The zero-order chi connectivity index (χ0) is 13.8. The second kappa shape index (κ2) is 6.00. The highest BCUT2D eigenvalue weighted by Gasteiger charge is 2.19. The van der Waals surface area contributed by atoms with Crippen molar-refractivity contribution in [2.45, 2.75) is 11.3 Å². The van der Waals surface area contributed by atoms with Gasteiger partial charge in [0, 0.05) is 17.4 Å². The second-order valence-electron chi connectivity index (χ2n) is 3.30. The van der Waals surface area contributed by atoms with E-state index in [4.69, 9.17) is 11.5 Å². The van der Waals surface area contributed by atoms with E-state index in [9.17, 15) is 13.2 Å². The molecule has 7 heteroatoms. The summed E-state index contributed by atoms with van der Waals surface area (Å²) in [5, 5.41) is 8.82. The molecule has 18 heavy (non-hydrogen) atoms. The van der Waals surface area contributed by atoms with Gasteiger partial charge >= 0.3 is 5.97 Å². The molecule has 0 amide bonds. The van der Waals surface area contributed by atoms with Crippen LogP contribution in [0.3, 0.4) is 0 Å². The number of terminal acetylenes is 1. The minimum atomic E-state index is -3.77. The number of carboxylic acid groups (broad SMARTS) is 1. The van der Waals surface area contributed by atoms with Gasteiger partial charge in [-0.2, -0.15) is 0 Å². The van der Waals surface area contributed by atoms with Gasteiger partial charge in [-0.15, -0.1) is 12.3 Å². The lowest BCUT2D eigenvalue weighted by molar-refractivity contribution is 0.0696. The summed E-state index contributed by atoms with van der Waals surface area (Å²) in [7, 11) is -3.77. The first-order valence-electron chi connectivity index (χ1n) is 4.84. The van der Waals surface area contributed by atoms with Crippen molar-refractivity contribution in [3.63, 3.8) is 0 Å². The van der Waals surface area contributed by atoms with E-state index in [0.29, 0.717) is 4.47 Å². The standard InChI is InChI=1S/C11H10BrNO4S/c1-2-3-6-13-18(16,17)10-7-8(11(14)15)4-5-9(10)12/h1,4-5,7,13H,3,6H2,(H,14,15). The Hall–Kier alpha value is -1.36. The zero-order valence-corrected chi connectivity index (χ0v) is 11.6. The Morgan fingerprint density at radius 2 is 2.17 bits per heavy atom. The molecule has 0 aliphatic rings. The maximum atomic E-state index is 11.9. The van der Waals surface area contributed by atoms with Crippen LogP contribution in [0, 0.1) is 12.3 Å². The third-order valence-corrected chi connectivity index (χ3v) is 4.48. The summed E-state index contributed by atoms with van der Waals surface area (Å²) in [5.74, 6) is 1.11. The van der Waals surface area contributed by atoms with Gasteiger partial charge in [-0.25, -0.2) is 17.9 Å². The fourth-order valence-electron chi connectivity index (χ4n) is 1.18. The van der Waals surface area contributed by atoms with Gasteiger partial charge in [0.2, 0.25) is 10.0 Å². The summed E-state index contributed by atoms with van der Waals surface area (Å²) in [6.45, 7) is 0.0998. The highest BCUT2D eigenvalue weighted by molar-refractivity contribution is 9.10. The number of hydrogen-bond donors (Lipinski definition) is 2. The lowest BCUT2D eigenvalue weighted by Gasteiger charge is -2.08. The number of rotatable bonds is 5. The van der Waals surface area contributed by atoms with Gasteiger partial charge in [-0.1, -0.05) is 0 Å². The average molecular weight is 332 g/mol. The summed E-state index contributed by atoms with van der Waals surface area (Å²) in [6.07, 6.45) is 5.28. The number of sulfonamides is 1. The first-order valence-corrected chi connectivity index (χ1v) is 7.12. The van der Waals surface area contributed by atoms with Gasteiger partial charge in [-0.05, 0) is 34.1 Å². The Kier molecular flexibility index (Phi) is 4.90. The third-order valence-electron chi connectivity index (χ3n) is 2.03. The van der Waals surface area contributed by atoms with E-state index in [-0.39, 0.29) is 23.4 Å². The highest BCUT2D eigenvalue weighted by Crippen LogP contribution is 2.23. The van der Waals surface area contributed by atoms with E-state index >= 15 is 0 Å². The molecule has 0 saturated carbocycles. The van der Waals surface area contributed by atoms with Crippen molar-refractivity contribution < 1.29 is 18.3 Å². The van der Waals surface area contributed by atoms with Crippen molar-refractivity contribution >= 4 is 31.9 Å². The molecule has 0 radical (unpaired) electrons. The predicted octanol–water partition coefficient (Wildman–Crippen LogP) is 1.45. The lowest BCUT2D eigenvalue weighted by atomic mass is 10.2. The van der Waals surface area contributed by atoms with E-state index < -0.39 is 16.0 Å². The Balaban J connectivity index is 3.12. The van der Waals surface area contributed by atoms with E-state index in [2.05, 4.69) is 26.6 Å². The molecule has 1 aromatic rings. The van der Waals surface area contributed by atoms with Crippen LogP contribution in [0.5, 0.6) is 0 Å². The number of halogens is 1. The molecule has 0 saturated heterocycles. The molecule has 0 bridgehead atoms. The van der Waals surface area contributed by atoms with Gasteiger partial charge in [0.15, 0.2) is 0 Å². The largest absolute Gasteiger partial charge is 0.478 e. The Morgan fingerprint density at radius 3 is 2.72 bits per heavy atom. The minimum Gasteiger partial charge on any atom is -0.478 e.